The Kier molecular flexibility index (Phi) is 26.2. The first kappa shape index (κ1) is 62.3. The third kappa shape index (κ3) is 20.4. The standard InChI is InChI=1S/C55H78ClNO17/c1-33-18-16-14-12-10-8-6-7-9-11-13-15-17-19-42(73-54-52(67)49(51(66)36(4)72-54)57-32-37-20-22-38(56)23-21-37)29-46-48(53(68)70-5)45(63)31-55(69,74-46)30-41(60)26-39(58)24-25-43(61)44(62)27-40(59)28-47(64)71-35(3)34(2)50(33)65/h6-23,32-36,39-46,48-52,54,58-63,65-67,69H,24-31H2,1-5H3/b7-6+,10-8+,11-9+,14-12+,15-13+,18-16-,19-17+,57-32?/t33-,34+,35-,36+,39-,40+,41-,42-,43-,44-,45-,46-,48+,49-,50+,51+,52-,54-,55+/m0/s1. The zero-order valence-electron chi connectivity index (χ0n) is 42.7. The summed E-state index contributed by atoms with van der Waals surface area (Å²) in [6, 6.07) is 5.65. The van der Waals surface area contributed by atoms with Crippen LogP contribution in [0.5, 0.6) is 0 Å². The molecule has 1 aromatic carbocycles. The molecule has 2 saturated heterocycles. The highest BCUT2D eigenvalue weighted by molar-refractivity contribution is 6.30. The molecule has 0 aliphatic carbocycles. The Morgan fingerprint density at radius 2 is 1.28 bits per heavy atom. The SMILES string of the molecule is COC(=O)[C@H]1[C@@H]2C[C@@H](O[C@@H]3O[C@H](C)[C@@H](O)[C@H](N=Cc4ccc(Cl)cc4)[C@@H]3O)/C=C/C=C/C=C/C=C/C=C/C=C/C=C\[C@H](C)[C@@H](O)[C@H](C)[C@H](C)OC(=O)C[C@H](O)C[C@H](O)[C@@H](O)CC[C@H](O)C[C@H](O)C[C@](O)(C[C@@H]1O)O2. The van der Waals surface area contributed by atoms with E-state index in [9.17, 15) is 60.7 Å². The van der Waals surface area contributed by atoms with Crippen LogP contribution < -0.4 is 0 Å². The number of halogens is 1. The van der Waals surface area contributed by atoms with E-state index >= 15 is 0 Å². The summed E-state index contributed by atoms with van der Waals surface area (Å²) in [6.07, 6.45) is 5.64. The molecular weight excluding hydrogens is 982 g/mol. The van der Waals surface area contributed by atoms with Gasteiger partial charge in [-0.15, -0.1) is 0 Å². The van der Waals surface area contributed by atoms with Gasteiger partial charge in [0.1, 0.15) is 30.3 Å². The molecule has 0 unspecified atom stereocenters. The Hall–Kier alpha value is -4.22. The van der Waals surface area contributed by atoms with Crippen LogP contribution in [0.15, 0.2) is 114 Å². The third-order valence-electron chi connectivity index (χ3n) is 13.4. The highest BCUT2D eigenvalue weighted by Crippen LogP contribution is 2.39. The van der Waals surface area contributed by atoms with Crippen LogP contribution >= 0.6 is 11.6 Å². The van der Waals surface area contributed by atoms with Gasteiger partial charge in [0, 0.05) is 48.8 Å². The van der Waals surface area contributed by atoms with Gasteiger partial charge in [0.25, 0.3) is 0 Å². The number of hydrogen-bond acceptors (Lipinski definition) is 18. The van der Waals surface area contributed by atoms with Crippen molar-refractivity contribution < 1.29 is 84.3 Å². The minimum absolute atomic E-state index is 0.134. The number of carbonyl (C=O) groups excluding carboxylic acids is 2. The van der Waals surface area contributed by atoms with Crippen LogP contribution in [0.4, 0.5) is 0 Å². The van der Waals surface area contributed by atoms with Gasteiger partial charge >= 0.3 is 11.9 Å². The molecule has 2 fully saturated rings. The van der Waals surface area contributed by atoms with Crippen molar-refractivity contribution in [2.75, 3.05) is 7.11 Å². The average molecular weight is 1060 g/mol. The number of rotatable bonds is 5. The fourth-order valence-electron chi connectivity index (χ4n) is 8.93. The van der Waals surface area contributed by atoms with Gasteiger partial charge in [-0.2, -0.15) is 0 Å². The maximum absolute atomic E-state index is 13.3. The largest absolute Gasteiger partial charge is 0.469 e. The Bertz CT molecular complexity index is 2110. The molecule has 10 N–H and O–H groups in total. The molecule has 2 bridgehead atoms. The smallest absolute Gasteiger partial charge is 0.313 e. The molecule has 19 atom stereocenters. The van der Waals surface area contributed by atoms with Gasteiger partial charge in [-0.05, 0) is 50.8 Å². The number of aliphatic hydroxyl groups is 10. The highest BCUT2D eigenvalue weighted by atomic mass is 35.5. The number of hydrogen-bond donors (Lipinski definition) is 10. The summed E-state index contributed by atoms with van der Waals surface area (Å²) in [6.45, 7) is 6.79. The normalized spacial score (nSPS) is 41.4. The van der Waals surface area contributed by atoms with E-state index in [0.717, 1.165) is 7.11 Å². The molecule has 18 nitrogen and oxygen atoms in total. The van der Waals surface area contributed by atoms with E-state index in [-0.39, 0.29) is 31.6 Å². The summed E-state index contributed by atoms with van der Waals surface area (Å²) in [4.78, 5) is 30.4. The number of nitrogens with zero attached hydrogens (tertiary/aromatic N) is 1. The summed E-state index contributed by atoms with van der Waals surface area (Å²) in [5.41, 5.74) is 0.653. The van der Waals surface area contributed by atoms with Gasteiger partial charge in [0.05, 0.1) is 74.6 Å². The molecule has 3 heterocycles. The number of benzene rings is 1. The quantitative estimate of drug-likeness (QED) is 0.149. The first-order chi connectivity index (χ1) is 35.1. The molecule has 0 radical (unpaired) electrons. The van der Waals surface area contributed by atoms with Crippen molar-refractivity contribution in [3.63, 3.8) is 0 Å². The van der Waals surface area contributed by atoms with Crippen LogP contribution in [-0.2, 0) is 33.3 Å². The van der Waals surface area contributed by atoms with Crippen LogP contribution in [0, 0.1) is 17.8 Å². The average Bonchev–Trinajstić information content (AvgIpc) is 3.33. The summed E-state index contributed by atoms with van der Waals surface area (Å²) in [5.74, 6) is -6.02. The number of allylic oxidation sites excluding steroid dienone is 12. The molecule has 1 aromatic rings. The molecule has 412 valence electrons. The molecule has 0 spiro atoms. The molecule has 3 aliphatic rings. The number of cyclic esters (lactones) is 1. The second kappa shape index (κ2) is 31.1. The van der Waals surface area contributed by atoms with Crippen LogP contribution in [-0.4, -0.2) is 174 Å². The highest BCUT2D eigenvalue weighted by Gasteiger charge is 2.51. The number of ether oxygens (including phenoxy) is 5. The van der Waals surface area contributed by atoms with Crippen molar-refractivity contribution >= 4 is 29.8 Å². The number of aliphatic imine (C=N–C) groups is 1. The van der Waals surface area contributed by atoms with E-state index in [1.54, 1.807) is 99.7 Å². The monoisotopic (exact) mass is 1060 g/mol. The van der Waals surface area contributed by atoms with Crippen LogP contribution in [0.25, 0.3) is 0 Å². The van der Waals surface area contributed by atoms with Crippen molar-refractivity contribution in [2.24, 2.45) is 22.7 Å². The number of carbonyl (C=O) groups is 2. The van der Waals surface area contributed by atoms with Gasteiger partial charge in [-0.1, -0.05) is 123 Å². The lowest BCUT2D eigenvalue weighted by atomic mass is 9.82. The van der Waals surface area contributed by atoms with Gasteiger partial charge in [0.15, 0.2) is 12.1 Å². The minimum Gasteiger partial charge on any atom is -0.469 e. The lowest BCUT2D eigenvalue weighted by Crippen LogP contribution is -2.58. The topological polar surface area (TPSA) is 295 Å². The zero-order chi connectivity index (χ0) is 54.5. The molecule has 3 aliphatic heterocycles. The minimum atomic E-state index is -2.26. The van der Waals surface area contributed by atoms with Crippen LogP contribution in [0.3, 0.4) is 0 Å². The van der Waals surface area contributed by atoms with E-state index < -0.39 is 147 Å². The van der Waals surface area contributed by atoms with Crippen LogP contribution in [0.2, 0.25) is 5.02 Å². The van der Waals surface area contributed by atoms with E-state index in [2.05, 4.69) is 4.99 Å². The number of esters is 2. The molecule has 4 rings (SSSR count). The Balaban J connectivity index is 1.60. The number of aliphatic hydroxyl groups excluding tert-OH is 9. The van der Waals surface area contributed by atoms with Crippen molar-refractivity contribution in [1.82, 2.24) is 0 Å². The van der Waals surface area contributed by atoms with Gasteiger partial charge in [-0.25, -0.2) is 0 Å². The van der Waals surface area contributed by atoms with Gasteiger partial charge < -0.3 is 74.7 Å². The Morgan fingerprint density at radius 3 is 1.89 bits per heavy atom. The molecular formula is C55H78ClNO17. The second-order valence-corrected chi connectivity index (χ2v) is 19.9. The third-order valence-corrected chi connectivity index (χ3v) is 13.6. The van der Waals surface area contributed by atoms with Crippen molar-refractivity contribution in [3.8, 4) is 0 Å². The second-order valence-electron chi connectivity index (χ2n) is 19.5. The zero-order valence-corrected chi connectivity index (χ0v) is 43.4. The van der Waals surface area contributed by atoms with E-state index in [0.29, 0.717) is 10.6 Å². The van der Waals surface area contributed by atoms with Crippen molar-refractivity contribution in [1.29, 1.82) is 0 Å². The lowest BCUT2D eigenvalue weighted by Gasteiger charge is -2.45. The first-order valence-corrected chi connectivity index (χ1v) is 25.6. The summed E-state index contributed by atoms with van der Waals surface area (Å²) < 4.78 is 29.0. The van der Waals surface area contributed by atoms with Crippen molar-refractivity contribution in [2.45, 2.75) is 177 Å². The summed E-state index contributed by atoms with van der Waals surface area (Å²) in [7, 11) is 1.13. The number of fused-ring (bicyclic) bond motifs is 2. The van der Waals surface area contributed by atoms with E-state index in [1.807, 2.05) is 37.3 Å². The fourth-order valence-corrected chi connectivity index (χ4v) is 9.06. The molecule has 74 heavy (non-hydrogen) atoms. The first-order valence-electron chi connectivity index (χ1n) is 25.2. The van der Waals surface area contributed by atoms with Crippen LogP contribution in [0.1, 0.15) is 84.6 Å². The van der Waals surface area contributed by atoms with E-state index in [4.69, 9.17) is 35.3 Å². The predicted octanol–water partition coefficient (Wildman–Crippen LogP) is 3.61. The predicted molar refractivity (Wildman–Crippen MR) is 276 cm³/mol. The lowest BCUT2D eigenvalue weighted by molar-refractivity contribution is -0.308. The molecule has 0 amide bonds. The number of methoxy groups -OCH3 is 1. The maximum atomic E-state index is 13.3. The summed E-state index contributed by atoms with van der Waals surface area (Å²) in [5, 5.41) is 111. The molecule has 0 saturated carbocycles. The Labute approximate surface area is 439 Å². The summed E-state index contributed by atoms with van der Waals surface area (Å²) >= 11 is 6.04. The van der Waals surface area contributed by atoms with Crippen molar-refractivity contribution in [3.05, 3.63) is 120 Å². The van der Waals surface area contributed by atoms with Gasteiger partial charge in [-0.3, -0.25) is 14.6 Å². The Morgan fingerprint density at radius 1 is 0.689 bits per heavy atom. The maximum Gasteiger partial charge on any atom is 0.313 e. The van der Waals surface area contributed by atoms with E-state index in [1.165, 1.54) is 6.21 Å². The fraction of sp³-hybridized carbons (Fsp3) is 0.582. The molecule has 0 aromatic heterocycles. The molecule has 19 heteroatoms. The van der Waals surface area contributed by atoms with Gasteiger partial charge in [0.2, 0.25) is 0 Å².